The van der Waals surface area contributed by atoms with E-state index in [4.69, 9.17) is 9.97 Å². The molecule has 8 rings (SSSR count). The van der Waals surface area contributed by atoms with Crippen LogP contribution in [0.25, 0.3) is 56.0 Å². The molecule has 1 N–H and O–H groups in total. The van der Waals surface area contributed by atoms with Crippen molar-refractivity contribution >= 4 is 22.1 Å². The zero-order chi connectivity index (χ0) is 29.6. The van der Waals surface area contributed by atoms with Gasteiger partial charge in [0.2, 0.25) is 0 Å². The van der Waals surface area contributed by atoms with E-state index in [1.54, 1.807) is 0 Å². The molecule has 7 aromatic rings. The summed E-state index contributed by atoms with van der Waals surface area (Å²) in [4.78, 5) is 10.4. The lowest BCUT2D eigenvalue weighted by Gasteiger charge is -2.13. The average molecular weight is 579 g/mol. The molecule has 44 heavy (non-hydrogen) atoms. The van der Waals surface area contributed by atoms with Crippen LogP contribution < -0.4 is 0 Å². The van der Waals surface area contributed by atoms with Crippen LogP contribution in [0.3, 0.4) is 0 Å². The number of hydrogen-bond donors (Lipinski definition) is 1. The van der Waals surface area contributed by atoms with Crippen LogP contribution in [0.1, 0.15) is 55.6 Å². The lowest BCUT2D eigenvalue weighted by Crippen LogP contribution is -2.06. The van der Waals surface area contributed by atoms with Crippen LogP contribution in [0.4, 0.5) is 0 Å². The minimum absolute atomic E-state index is 0.530. The van der Waals surface area contributed by atoms with Gasteiger partial charge in [-0.2, -0.15) is 0 Å². The molecule has 1 saturated carbocycles. The first-order chi connectivity index (χ1) is 21.7. The van der Waals surface area contributed by atoms with Gasteiger partial charge in [0.15, 0.2) is 5.82 Å². The molecule has 3 heterocycles. The molecule has 0 unspecified atom stereocenters. The summed E-state index contributed by atoms with van der Waals surface area (Å²) in [5.41, 5.74) is 11.3. The van der Waals surface area contributed by atoms with E-state index < -0.39 is 0 Å². The van der Waals surface area contributed by atoms with Gasteiger partial charge in [-0.3, -0.25) is 0 Å². The monoisotopic (exact) mass is 578 g/mol. The third-order valence-corrected chi connectivity index (χ3v) is 8.78. The van der Waals surface area contributed by atoms with Gasteiger partial charge < -0.3 is 9.13 Å². The Morgan fingerprint density at radius 1 is 0.841 bits per heavy atom. The molecule has 4 aromatic carbocycles. The molecule has 1 fully saturated rings. The number of para-hydroxylation sites is 2. The second kappa shape index (κ2) is 10.9. The summed E-state index contributed by atoms with van der Waals surface area (Å²) in [5, 5.41) is 14.6. The molecule has 3 aromatic heterocycles. The number of fused-ring (bicyclic) bond motifs is 2. The number of hydrogen-bond acceptors (Lipinski definition) is 5. The van der Waals surface area contributed by atoms with Crippen LogP contribution in [0.2, 0.25) is 0 Å². The van der Waals surface area contributed by atoms with E-state index in [1.807, 2.05) is 18.2 Å². The van der Waals surface area contributed by atoms with Gasteiger partial charge in [-0.1, -0.05) is 74.0 Å². The number of rotatable bonds is 9. The first kappa shape index (κ1) is 26.5. The van der Waals surface area contributed by atoms with Gasteiger partial charge in [-0.05, 0) is 83.1 Å². The average Bonchev–Trinajstić information content (AvgIpc) is 3.44. The Morgan fingerprint density at radius 2 is 1.64 bits per heavy atom. The fourth-order valence-corrected chi connectivity index (χ4v) is 6.41. The van der Waals surface area contributed by atoms with E-state index in [2.05, 4.69) is 110 Å². The third kappa shape index (κ3) is 4.67. The minimum Gasteiger partial charge on any atom is -0.323 e. The summed E-state index contributed by atoms with van der Waals surface area (Å²) >= 11 is 0. The van der Waals surface area contributed by atoms with Gasteiger partial charge in [0.1, 0.15) is 11.6 Å². The summed E-state index contributed by atoms with van der Waals surface area (Å²) in [6, 6.07) is 30.7. The van der Waals surface area contributed by atoms with Gasteiger partial charge in [0, 0.05) is 30.1 Å². The minimum atomic E-state index is 0.530. The molecular weight excluding hydrogens is 544 g/mol. The Hall–Kier alpha value is -5.11. The highest BCUT2D eigenvalue weighted by Crippen LogP contribution is 2.42. The summed E-state index contributed by atoms with van der Waals surface area (Å²) in [6.45, 7) is 5.18. The molecule has 0 amide bonds. The summed E-state index contributed by atoms with van der Waals surface area (Å²) in [7, 11) is 0. The van der Waals surface area contributed by atoms with Crippen molar-refractivity contribution in [2.24, 2.45) is 0 Å². The van der Waals surface area contributed by atoms with Crippen molar-refractivity contribution in [1.82, 2.24) is 39.7 Å². The summed E-state index contributed by atoms with van der Waals surface area (Å²) in [6.07, 6.45) is 5.62. The van der Waals surface area contributed by atoms with E-state index in [0.29, 0.717) is 11.9 Å². The van der Waals surface area contributed by atoms with Crippen molar-refractivity contribution in [2.75, 3.05) is 0 Å². The molecule has 1 aliphatic carbocycles. The van der Waals surface area contributed by atoms with E-state index in [1.165, 1.54) is 35.0 Å². The van der Waals surface area contributed by atoms with E-state index in [-0.39, 0.29) is 0 Å². The number of benzene rings is 4. The lowest BCUT2D eigenvalue weighted by molar-refractivity contribution is 0.690. The number of nitrogens with zero attached hydrogens (tertiary/aromatic N) is 7. The Kier molecular flexibility index (Phi) is 6.55. The smallest absolute Gasteiger partial charge is 0.180 e. The van der Waals surface area contributed by atoms with Gasteiger partial charge in [-0.15, -0.1) is 5.10 Å². The van der Waals surface area contributed by atoms with Crippen molar-refractivity contribution in [3.63, 3.8) is 0 Å². The molecule has 0 aliphatic heterocycles. The highest BCUT2D eigenvalue weighted by molar-refractivity contribution is 5.88. The molecular formula is C36H34N8. The number of aromatic nitrogens is 8. The second-order valence-electron chi connectivity index (χ2n) is 11.9. The van der Waals surface area contributed by atoms with Crippen molar-refractivity contribution in [2.45, 2.75) is 58.5 Å². The van der Waals surface area contributed by atoms with E-state index in [9.17, 15) is 0 Å². The quantitative estimate of drug-likeness (QED) is 0.188. The highest BCUT2D eigenvalue weighted by Gasteiger charge is 2.29. The molecule has 8 heteroatoms. The maximum absolute atomic E-state index is 5.21. The molecule has 8 nitrogen and oxygen atoms in total. The molecule has 0 radical (unpaired) electrons. The van der Waals surface area contributed by atoms with Gasteiger partial charge >= 0.3 is 0 Å². The normalized spacial score (nSPS) is 13.3. The van der Waals surface area contributed by atoms with Gasteiger partial charge in [0.25, 0.3) is 0 Å². The van der Waals surface area contributed by atoms with Crippen LogP contribution in [0.15, 0.2) is 84.9 Å². The lowest BCUT2D eigenvalue weighted by atomic mass is 9.98. The van der Waals surface area contributed by atoms with Crippen LogP contribution >= 0.6 is 0 Å². The largest absolute Gasteiger partial charge is 0.323 e. The van der Waals surface area contributed by atoms with E-state index >= 15 is 0 Å². The maximum atomic E-state index is 5.21. The fraction of sp³-hybridized carbons (Fsp3) is 0.250. The number of imidazole rings is 2. The third-order valence-electron chi connectivity index (χ3n) is 8.78. The molecule has 0 atom stereocenters. The highest BCUT2D eigenvalue weighted by atomic mass is 15.5. The SMILES string of the molecule is CCCCc1nc2c(C)cc(-c3nc4ccccc4n3C3CC3)cc2n1Cc1ccc(-c2ccccc2-c2nnn[nH]2)cc1. The van der Waals surface area contributed by atoms with Crippen LogP contribution in [0.5, 0.6) is 0 Å². The topological polar surface area (TPSA) is 90.1 Å². The van der Waals surface area contributed by atoms with Crippen molar-refractivity contribution < 1.29 is 0 Å². The van der Waals surface area contributed by atoms with Gasteiger partial charge in [0.05, 0.1) is 22.1 Å². The number of aromatic amines is 1. The zero-order valence-electron chi connectivity index (χ0n) is 25.0. The molecule has 0 spiro atoms. The first-order valence-electron chi connectivity index (χ1n) is 15.6. The molecule has 0 saturated heterocycles. The Labute approximate surface area is 255 Å². The van der Waals surface area contributed by atoms with Crippen LogP contribution in [-0.2, 0) is 13.0 Å². The van der Waals surface area contributed by atoms with E-state index in [0.717, 1.165) is 70.7 Å². The zero-order valence-corrected chi connectivity index (χ0v) is 25.0. The molecule has 218 valence electrons. The second-order valence-corrected chi connectivity index (χ2v) is 11.9. The predicted molar refractivity (Wildman–Crippen MR) is 174 cm³/mol. The van der Waals surface area contributed by atoms with Crippen molar-refractivity contribution in [1.29, 1.82) is 0 Å². The standard InChI is InChI=1S/C36H34N8/c1-3-4-13-33-38-34-23(2)20-26(36-37-30-11-7-8-12-31(30)44(36)27-18-19-27)21-32(34)43(33)22-24-14-16-25(17-15-24)28-9-5-6-10-29(28)35-39-41-42-40-35/h5-12,14-17,20-21,27H,3-4,13,18-19,22H2,1-2H3,(H,39,40,41,42). The Bertz CT molecular complexity index is 2100. The summed E-state index contributed by atoms with van der Waals surface area (Å²) in [5.74, 6) is 2.87. The number of nitrogens with one attached hydrogen (secondary N) is 1. The first-order valence-corrected chi connectivity index (χ1v) is 15.6. The van der Waals surface area contributed by atoms with Crippen LogP contribution in [0, 0.1) is 6.92 Å². The number of tetrazole rings is 1. The predicted octanol–water partition coefficient (Wildman–Crippen LogP) is 7.93. The maximum Gasteiger partial charge on any atom is 0.180 e. The molecule has 1 aliphatic rings. The van der Waals surface area contributed by atoms with Crippen molar-refractivity contribution in [3.8, 4) is 33.9 Å². The number of unbranched alkanes of at least 4 members (excludes halogenated alkanes) is 1. The molecule has 0 bridgehead atoms. The Morgan fingerprint density at radius 3 is 2.41 bits per heavy atom. The number of H-pyrrole nitrogens is 1. The Balaban J connectivity index is 1.20. The van der Waals surface area contributed by atoms with Crippen molar-refractivity contribution in [3.05, 3.63) is 102 Å². The van der Waals surface area contributed by atoms with Gasteiger partial charge in [-0.25, -0.2) is 15.1 Å². The number of aryl methyl sites for hydroxylation is 2. The summed E-state index contributed by atoms with van der Waals surface area (Å²) < 4.78 is 4.88. The fourth-order valence-electron chi connectivity index (χ4n) is 6.41. The van der Waals surface area contributed by atoms with Crippen LogP contribution in [-0.4, -0.2) is 39.7 Å².